The Morgan fingerprint density at radius 2 is 2.00 bits per heavy atom. The summed E-state index contributed by atoms with van der Waals surface area (Å²) in [5.74, 6) is -0.239. The van der Waals surface area contributed by atoms with E-state index < -0.39 is 0 Å². The van der Waals surface area contributed by atoms with E-state index in [9.17, 15) is 4.79 Å². The lowest BCUT2D eigenvalue weighted by Gasteiger charge is -2.29. The molecular formula is C14H28N4O. The van der Waals surface area contributed by atoms with Gasteiger partial charge in [0, 0.05) is 31.2 Å². The van der Waals surface area contributed by atoms with Crippen LogP contribution in [0.1, 0.15) is 33.1 Å². The normalized spacial score (nSPS) is 30.5. The highest BCUT2D eigenvalue weighted by molar-refractivity contribution is 5.80. The molecule has 2 aliphatic rings. The van der Waals surface area contributed by atoms with Crippen molar-refractivity contribution in [3.8, 4) is 0 Å². The van der Waals surface area contributed by atoms with Gasteiger partial charge in [-0.25, -0.2) is 0 Å². The number of nitrogens with zero attached hydrogens (tertiary/aromatic N) is 2. The van der Waals surface area contributed by atoms with Crippen LogP contribution in [-0.4, -0.2) is 66.6 Å². The quantitative estimate of drug-likeness (QED) is 0.737. The number of likely N-dealkylation sites (tertiary alicyclic amines) is 1. The topological polar surface area (TPSA) is 61.6 Å². The van der Waals surface area contributed by atoms with Crippen molar-refractivity contribution in [3.63, 3.8) is 0 Å². The maximum absolute atomic E-state index is 11.5. The van der Waals surface area contributed by atoms with Crippen LogP contribution < -0.4 is 11.1 Å². The van der Waals surface area contributed by atoms with Gasteiger partial charge in [-0.2, -0.15) is 0 Å². The maximum atomic E-state index is 11.5. The van der Waals surface area contributed by atoms with E-state index in [1.54, 1.807) is 0 Å². The standard InChI is InChI=1S/C14H28N4O/c1-10(2)16-13(14(15)19)9-18-7-6-11-4-5-12(8-18)17(11)3/h10-13,16H,4-9H2,1-3H3,(H2,15,19). The molecule has 1 amide bonds. The van der Waals surface area contributed by atoms with Crippen molar-refractivity contribution >= 4 is 5.91 Å². The second-order valence-corrected chi connectivity index (χ2v) is 6.38. The van der Waals surface area contributed by atoms with Crippen molar-refractivity contribution in [3.05, 3.63) is 0 Å². The summed E-state index contributed by atoms with van der Waals surface area (Å²) >= 11 is 0. The molecule has 0 aromatic rings. The fourth-order valence-electron chi connectivity index (χ4n) is 3.43. The van der Waals surface area contributed by atoms with E-state index in [4.69, 9.17) is 5.73 Å². The summed E-state index contributed by atoms with van der Waals surface area (Å²) in [6.45, 7) is 6.98. The number of nitrogens with one attached hydrogen (secondary N) is 1. The minimum Gasteiger partial charge on any atom is -0.368 e. The Hall–Kier alpha value is -0.650. The molecule has 3 atom stereocenters. The van der Waals surface area contributed by atoms with Gasteiger partial charge in [0.2, 0.25) is 5.91 Å². The Morgan fingerprint density at radius 1 is 1.32 bits per heavy atom. The number of carbonyl (C=O) groups is 1. The Morgan fingerprint density at radius 3 is 2.63 bits per heavy atom. The number of rotatable bonds is 5. The van der Waals surface area contributed by atoms with E-state index in [2.05, 4.69) is 22.2 Å². The number of amides is 1. The van der Waals surface area contributed by atoms with E-state index >= 15 is 0 Å². The van der Waals surface area contributed by atoms with E-state index in [0.29, 0.717) is 6.04 Å². The molecule has 5 heteroatoms. The lowest BCUT2D eigenvalue weighted by atomic mass is 10.1. The molecule has 0 radical (unpaired) electrons. The van der Waals surface area contributed by atoms with Crippen LogP contribution >= 0.6 is 0 Å². The molecule has 0 aliphatic carbocycles. The third-order valence-electron chi connectivity index (χ3n) is 4.55. The summed E-state index contributed by atoms with van der Waals surface area (Å²) in [7, 11) is 2.24. The SMILES string of the molecule is CC(C)NC(CN1CCC2CCC(C1)N2C)C(N)=O. The van der Waals surface area contributed by atoms with Gasteiger partial charge >= 0.3 is 0 Å². The average molecular weight is 268 g/mol. The lowest BCUT2D eigenvalue weighted by Crippen LogP contribution is -2.52. The van der Waals surface area contributed by atoms with Gasteiger partial charge in [-0.15, -0.1) is 0 Å². The Labute approximate surface area is 116 Å². The van der Waals surface area contributed by atoms with E-state index in [1.165, 1.54) is 19.3 Å². The van der Waals surface area contributed by atoms with E-state index in [1.807, 2.05) is 13.8 Å². The highest BCUT2D eigenvalue weighted by Gasteiger charge is 2.35. The number of primary amides is 1. The summed E-state index contributed by atoms with van der Waals surface area (Å²) in [6, 6.07) is 1.44. The predicted molar refractivity (Wildman–Crippen MR) is 76.9 cm³/mol. The zero-order chi connectivity index (χ0) is 14.0. The van der Waals surface area contributed by atoms with Crippen LogP contribution in [-0.2, 0) is 4.79 Å². The Bertz CT molecular complexity index is 321. The van der Waals surface area contributed by atoms with E-state index in [-0.39, 0.29) is 18.0 Å². The van der Waals surface area contributed by atoms with Gasteiger partial charge in [0.1, 0.15) is 0 Å². The molecule has 2 rings (SSSR count). The van der Waals surface area contributed by atoms with Gasteiger partial charge in [-0.05, 0) is 32.9 Å². The van der Waals surface area contributed by atoms with E-state index in [0.717, 1.165) is 25.7 Å². The molecule has 5 nitrogen and oxygen atoms in total. The molecule has 3 N–H and O–H groups in total. The van der Waals surface area contributed by atoms with Crippen molar-refractivity contribution in [1.29, 1.82) is 0 Å². The van der Waals surface area contributed by atoms with Crippen molar-refractivity contribution in [2.75, 3.05) is 26.7 Å². The molecule has 3 unspecified atom stereocenters. The van der Waals surface area contributed by atoms with Gasteiger partial charge in [-0.3, -0.25) is 14.6 Å². The van der Waals surface area contributed by atoms with Crippen LogP contribution in [0.4, 0.5) is 0 Å². The molecule has 2 aliphatic heterocycles. The molecule has 2 bridgehead atoms. The summed E-state index contributed by atoms with van der Waals surface area (Å²) in [4.78, 5) is 16.5. The van der Waals surface area contributed by atoms with Crippen LogP contribution in [0, 0.1) is 0 Å². The lowest BCUT2D eigenvalue weighted by molar-refractivity contribution is -0.120. The average Bonchev–Trinajstić information content (AvgIpc) is 2.55. The number of nitrogens with two attached hydrogens (primary N) is 1. The zero-order valence-electron chi connectivity index (χ0n) is 12.4. The summed E-state index contributed by atoms with van der Waals surface area (Å²) < 4.78 is 0. The number of likely N-dealkylation sites (N-methyl/N-ethyl adjacent to an activating group) is 1. The Balaban J connectivity index is 1.92. The number of hydrogen-bond donors (Lipinski definition) is 2. The number of carbonyl (C=O) groups excluding carboxylic acids is 1. The van der Waals surface area contributed by atoms with Gasteiger partial charge in [0.25, 0.3) is 0 Å². The first kappa shape index (κ1) is 14.8. The highest BCUT2D eigenvalue weighted by Crippen LogP contribution is 2.28. The summed E-state index contributed by atoms with van der Waals surface area (Å²) in [6.07, 6.45) is 3.83. The van der Waals surface area contributed by atoms with Crippen LogP contribution in [0.3, 0.4) is 0 Å². The molecule has 2 saturated heterocycles. The van der Waals surface area contributed by atoms with Crippen LogP contribution in [0.2, 0.25) is 0 Å². The summed E-state index contributed by atoms with van der Waals surface area (Å²) in [5, 5.41) is 3.27. The van der Waals surface area contributed by atoms with Gasteiger partial charge < -0.3 is 11.1 Å². The second kappa shape index (κ2) is 6.20. The van der Waals surface area contributed by atoms with Gasteiger partial charge in [-0.1, -0.05) is 13.8 Å². The van der Waals surface area contributed by atoms with Crippen LogP contribution in [0.25, 0.3) is 0 Å². The van der Waals surface area contributed by atoms with Crippen molar-refractivity contribution in [1.82, 2.24) is 15.1 Å². The third-order valence-corrected chi connectivity index (χ3v) is 4.55. The number of fused-ring (bicyclic) bond motifs is 2. The first-order valence-electron chi connectivity index (χ1n) is 7.47. The molecule has 0 aromatic carbocycles. The second-order valence-electron chi connectivity index (χ2n) is 6.38. The van der Waals surface area contributed by atoms with Gasteiger partial charge in [0.05, 0.1) is 6.04 Å². The van der Waals surface area contributed by atoms with Crippen molar-refractivity contribution in [2.24, 2.45) is 5.73 Å². The largest absolute Gasteiger partial charge is 0.368 e. The minimum absolute atomic E-state index is 0.234. The molecular weight excluding hydrogens is 240 g/mol. The molecule has 0 spiro atoms. The molecule has 0 aromatic heterocycles. The molecule has 19 heavy (non-hydrogen) atoms. The summed E-state index contributed by atoms with van der Waals surface area (Å²) in [5.41, 5.74) is 5.51. The molecule has 2 heterocycles. The fourth-order valence-corrected chi connectivity index (χ4v) is 3.43. The van der Waals surface area contributed by atoms with Crippen LogP contribution in [0.15, 0.2) is 0 Å². The fraction of sp³-hybridized carbons (Fsp3) is 0.929. The maximum Gasteiger partial charge on any atom is 0.235 e. The highest BCUT2D eigenvalue weighted by atomic mass is 16.1. The first-order valence-corrected chi connectivity index (χ1v) is 7.47. The number of hydrogen-bond acceptors (Lipinski definition) is 4. The zero-order valence-corrected chi connectivity index (χ0v) is 12.4. The monoisotopic (exact) mass is 268 g/mol. The minimum atomic E-state index is -0.239. The first-order chi connectivity index (χ1) is 8.97. The predicted octanol–water partition coefficient (Wildman–Crippen LogP) is 0.00680. The van der Waals surface area contributed by atoms with Crippen LogP contribution in [0.5, 0.6) is 0 Å². The Kier molecular flexibility index (Phi) is 4.81. The van der Waals surface area contributed by atoms with Gasteiger partial charge in [0.15, 0.2) is 0 Å². The van der Waals surface area contributed by atoms with Crippen molar-refractivity contribution < 1.29 is 4.79 Å². The van der Waals surface area contributed by atoms with Crippen molar-refractivity contribution in [2.45, 2.75) is 57.3 Å². The smallest absolute Gasteiger partial charge is 0.235 e. The third kappa shape index (κ3) is 3.68. The molecule has 110 valence electrons. The molecule has 0 saturated carbocycles. The molecule has 2 fully saturated rings.